The van der Waals surface area contributed by atoms with Crippen molar-refractivity contribution in [3.05, 3.63) is 0 Å². The van der Waals surface area contributed by atoms with Gasteiger partial charge in [0.2, 0.25) is 11.0 Å². The van der Waals surface area contributed by atoms with E-state index in [2.05, 4.69) is 46.9 Å². The minimum Gasteiger partial charge on any atom is -0.360 e. The first-order valence-corrected chi connectivity index (χ1v) is 11.5. The van der Waals surface area contributed by atoms with E-state index < -0.39 is 6.03 Å². The van der Waals surface area contributed by atoms with Gasteiger partial charge >= 0.3 is 6.03 Å². The quantitative estimate of drug-likeness (QED) is 0.568. The van der Waals surface area contributed by atoms with Crippen molar-refractivity contribution < 1.29 is 9.59 Å². The number of imide groups is 1. The number of carbonyl (C=O) groups is 2. The van der Waals surface area contributed by atoms with Crippen molar-refractivity contribution >= 4 is 40.2 Å². The van der Waals surface area contributed by atoms with Crippen LogP contribution in [0.2, 0.25) is 0 Å². The van der Waals surface area contributed by atoms with E-state index in [0.29, 0.717) is 16.2 Å². The molecule has 4 atom stereocenters. The van der Waals surface area contributed by atoms with E-state index in [1.807, 2.05) is 0 Å². The number of aromatic nitrogens is 2. The molecule has 1 heterocycles. The van der Waals surface area contributed by atoms with Crippen molar-refractivity contribution in [3.8, 4) is 0 Å². The second-order valence-electron chi connectivity index (χ2n) is 8.09. The molecule has 0 aliphatic heterocycles. The van der Waals surface area contributed by atoms with Gasteiger partial charge in [0.1, 0.15) is 0 Å². The lowest BCUT2D eigenvalue weighted by atomic mass is 9.84. The topological polar surface area (TPSA) is 96.0 Å². The Bertz CT molecular complexity index is 666. The van der Waals surface area contributed by atoms with Crippen molar-refractivity contribution in [1.29, 1.82) is 0 Å². The summed E-state index contributed by atoms with van der Waals surface area (Å²) in [5, 5.41) is 17.5. The standard InChI is InChI=1S/C18H29N5O2S2/c1-10(2)8-19-17-22-23-18(27-17)26-9-15(24)21-16(25)20-11(3)14-7-12-4-5-13(14)6-12/h10-14H,4-9H2,1-3H3,(H,19,22)(H2,20,21,24,25). The maximum atomic E-state index is 12.1. The number of carbonyl (C=O) groups excluding carboxylic acids is 2. The molecule has 7 nitrogen and oxygen atoms in total. The molecule has 0 aromatic carbocycles. The average Bonchev–Trinajstić information content (AvgIpc) is 3.34. The number of thioether (sulfide) groups is 1. The third-order valence-electron chi connectivity index (χ3n) is 5.44. The third kappa shape index (κ3) is 5.81. The normalized spacial score (nSPS) is 24.8. The van der Waals surface area contributed by atoms with Gasteiger partial charge in [-0.15, -0.1) is 10.2 Å². The highest BCUT2D eigenvalue weighted by atomic mass is 32.2. The average molecular weight is 412 g/mol. The fourth-order valence-corrected chi connectivity index (χ4v) is 5.74. The molecular weight excluding hydrogens is 382 g/mol. The molecule has 27 heavy (non-hydrogen) atoms. The molecule has 1 aromatic rings. The number of nitrogens with zero attached hydrogens (tertiary/aromatic N) is 2. The zero-order valence-electron chi connectivity index (χ0n) is 16.2. The van der Waals surface area contributed by atoms with Gasteiger partial charge in [0.15, 0.2) is 4.34 Å². The zero-order chi connectivity index (χ0) is 19.4. The van der Waals surface area contributed by atoms with E-state index in [1.165, 1.54) is 48.8 Å². The molecule has 3 rings (SSSR count). The predicted molar refractivity (Wildman–Crippen MR) is 109 cm³/mol. The van der Waals surface area contributed by atoms with E-state index in [0.717, 1.165) is 23.5 Å². The molecule has 150 valence electrons. The molecule has 0 spiro atoms. The van der Waals surface area contributed by atoms with Gasteiger partial charge < -0.3 is 10.6 Å². The van der Waals surface area contributed by atoms with Crippen LogP contribution in [-0.2, 0) is 4.79 Å². The Kier molecular flexibility index (Phi) is 6.97. The van der Waals surface area contributed by atoms with Crippen LogP contribution in [0.25, 0.3) is 0 Å². The Balaban J connectivity index is 1.35. The number of anilines is 1. The maximum absolute atomic E-state index is 12.1. The lowest BCUT2D eigenvalue weighted by Crippen LogP contribution is -2.47. The molecule has 2 aliphatic rings. The summed E-state index contributed by atoms with van der Waals surface area (Å²) >= 11 is 2.71. The molecular formula is C18H29N5O2S2. The van der Waals surface area contributed by atoms with Crippen LogP contribution in [-0.4, -0.2) is 40.5 Å². The first-order chi connectivity index (χ1) is 12.9. The lowest BCUT2D eigenvalue weighted by molar-refractivity contribution is -0.117. The predicted octanol–water partition coefficient (Wildman–Crippen LogP) is 3.35. The summed E-state index contributed by atoms with van der Waals surface area (Å²) in [7, 11) is 0. The van der Waals surface area contributed by atoms with Gasteiger partial charge in [0, 0.05) is 12.6 Å². The van der Waals surface area contributed by atoms with E-state index in [9.17, 15) is 9.59 Å². The van der Waals surface area contributed by atoms with Gasteiger partial charge in [-0.1, -0.05) is 43.4 Å². The highest BCUT2D eigenvalue weighted by Crippen LogP contribution is 2.49. The monoisotopic (exact) mass is 411 g/mol. The molecule has 0 radical (unpaired) electrons. The molecule has 2 aliphatic carbocycles. The summed E-state index contributed by atoms with van der Waals surface area (Å²) < 4.78 is 0.715. The molecule has 3 N–H and O–H groups in total. The van der Waals surface area contributed by atoms with Gasteiger partial charge in [-0.25, -0.2) is 4.79 Å². The maximum Gasteiger partial charge on any atom is 0.321 e. The summed E-state index contributed by atoms with van der Waals surface area (Å²) in [4.78, 5) is 24.1. The van der Waals surface area contributed by atoms with Crippen LogP contribution < -0.4 is 16.0 Å². The van der Waals surface area contributed by atoms with Crippen LogP contribution in [0.15, 0.2) is 4.34 Å². The Hall–Kier alpha value is -1.35. The van der Waals surface area contributed by atoms with Crippen LogP contribution in [0.4, 0.5) is 9.93 Å². The Morgan fingerprint density at radius 1 is 1.22 bits per heavy atom. The third-order valence-corrected chi connectivity index (χ3v) is 7.46. The number of fused-ring (bicyclic) bond motifs is 2. The van der Waals surface area contributed by atoms with Crippen LogP contribution in [0.5, 0.6) is 0 Å². The summed E-state index contributed by atoms with van der Waals surface area (Å²) in [6.45, 7) is 7.13. The summed E-state index contributed by atoms with van der Waals surface area (Å²) in [5.41, 5.74) is 0. The van der Waals surface area contributed by atoms with Crippen molar-refractivity contribution in [2.45, 2.75) is 56.8 Å². The van der Waals surface area contributed by atoms with Crippen LogP contribution >= 0.6 is 23.1 Å². The van der Waals surface area contributed by atoms with Crippen LogP contribution in [0.3, 0.4) is 0 Å². The largest absolute Gasteiger partial charge is 0.360 e. The lowest BCUT2D eigenvalue weighted by Gasteiger charge is -2.28. The van der Waals surface area contributed by atoms with Gasteiger partial charge in [-0.3, -0.25) is 10.1 Å². The van der Waals surface area contributed by atoms with E-state index in [1.54, 1.807) is 0 Å². The minimum atomic E-state index is -0.396. The number of urea groups is 1. The van der Waals surface area contributed by atoms with Crippen molar-refractivity contribution in [3.63, 3.8) is 0 Å². The number of hydrogen-bond acceptors (Lipinski definition) is 7. The summed E-state index contributed by atoms with van der Waals surface area (Å²) in [5.74, 6) is 2.50. The first kappa shape index (κ1) is 20.4. The van der Waals surface area contributed by atoms with Crippen LogP contribution in [0, 0.1) is 23.7 Å². The van der Waals surface area contributed by atoms with Crippen molar-refractivity contribution in [1.82, 2.24) is 20.8 Å². The molecule has 2 bridgehead atoms. The van der Waals surface area contributed by atoms with E-state index >= 15 is 0 Å². The highest BCUT2D eigenvalue weighted by Gasteiger charge is 2.42. The van der Waals surface area contributed by atoms with Gasteiger partial charge in [-0.05, 0) is 49.9 Å². The number of nitrogens with one attached hydrogen (secondary N) is 3. The van der Waals surface area contributed by atoms with E-state index in [-0.39, 0.29) is 17.7 Å². The molecule has 1 aromatic heterocycles. The second kappa shape index (κ2) is 9.23. The van der Waals surface area contributed by atoms with Crippen LogP contribution in [0.1, 0.15) is 46.5 Å². The molecule has 9 heteroatoms. The summed E-state index contributed by atoms with van der Waals surface area (Å²) in [6.07, 6.45) is 5.15. The molecule has 2 fully saturated rings. The van der Waals surface area contributed by atoms with Gasteiger partial charge in [-0.2, -0.15) is 0 Å². The second-order valence-corrected chi connectivity index (χ2v) is 10.3. The van der Waals surface area contributed by atoms with Gasteiger partial charge in [0.25, 0.3) is 0 Å². The van der Waals surface area contributed by atoms with Gasteiger partial charge in [0.05, 0.1) is 5.75 Å². The molecule has 0 saturated heterocycles. The number of hydrogen-bond donors (Lipinski definition) is 3. The number of rotatable bonds is 8. The minimum absolute atomic E-state index is 0.110. The Morgan fingerprint density at radius 2 is 2.04 bits per heavy atom. The molecule has 2 saturated carbocycles. The molecule has 4 unspecified atom stereocenters. The zero-order valence-corrected chi connectivity index (χ0v) is 17.8. The Labute approximate surface area is 168 Å². The highest BCUT2D eigenvalue weighted by molar-refractivity contribution is 8.01. The van der Waals surface area contributed by atoms with E-state index in [4.69, 9.17) is 0 Å². The molecule has 3 amide bonds. The smallest absolute Gasteiger partial charge is 0.321 e. The van der Waals surface area contributed by atoms with Crippen molar-refractivity contribution in [2.75, 3.05) is 17.6 Å². The van der Waals surface area contributed by atoms with Crippen molar-refractivity contribution in [2.24, 2.45) is 23.7 Å². The number of amides is 3. The SMILES string of the molecule is CC(C)CNc1nnc(SCC(=O)NC(=O)NC(C)C2CC3CCC2C3)s1. The summed E-state index contributed by atoms with van der Waals surface area (Å²) in [6, 6.07) is -0.286. The first-order valence-electron chi connectivity index (χ1n) is 9.71. The fraction of sp³-hybridized carbons (Fsp3) is 0.778. The Morgan fingerprint density at radius 3 is 2.70 bits per heavy atom. The fourth-order valence-electron chi connectivity index (χ4n) is 4.18.